The van der Waals surface area contributed by atoms with Crippen molar-refractivity contribution in [2.45, 2.75) is 58.0 Å². The van der Waals surface area contributed by atoms with Gasteiger partial charge >= 0.3 is 0 Å². The minimum atomic E-state index is -0.182. The molecule has 1 saturated carbocycles. The van der Waals surface area contributed by atoms with Crippen molar-refractivity contribution in [2.24, 2.45) is 5.10 Å². The van der Waals surface area contributed by atoms with E-state index >= 15 is 0 Å². The highest BCUT2D eigenvalue weighted by Gasteiger charge is 2.41. The van der Waals surface area contributed by atoms with E-state index < -0.39 is 0 Å². The van der Waals surface area contributed by atoms with Crippen LogP contribution in [0, 0.1) is 6.92 Å². The van der Waals surface area contributed by atoms with Crippen molar-refractivity contribution in [1.82, 2.24) is 15.0 Å². The summed E-state index contributed by atoms with van der Waals surface area (Å²) in [5.41, 5.74) is 5.36. The maximum atomic E-state index is 12.9. The van der Waals surface area contributed by atoms with Gasteiger partial charge in [0.05, 0.1) is 18.1 Å². The van der Waals surface area contributed by atoms with Crippen molar-refractivity contribution in [1.29, 1.82) is 0 Å². The summed E-state index contributed by atoms with van der Waals surface area (Å²) in [6.45, 7) is 4.00. The summed E-state index contributed by atoms with van der Waals surface area (Å²) in [6, 6.07) is 5.94. The number of aromatic nitrogens is 3. The van der Waals surface area contributed by atoms with Crippen LogP contribution in [-0.2, 0) is 4.79 Å². The van der Waals surface area contributed by atoms with Crippen LogP contribution >= 0.6 is 0 Å². The molecular weight excluding hydrogens is 366 g/mol. The molecule has 1 atom stereocenters. The Hall–Kier alpha value is -3.03. The number of nitrogens with one attached hydrogen (secondary N) is 1. The normalized spacial score (nSPS) is 19.8. The topological polar surface area (TPSA) is 86.6 Å². The van der Waals surface area contributed by atoms with Gasteiger partial charge in [-0.1, -0.05) is 25.8 Å². The van der Waals surface area contributed by atoms with Gasteiger partial charge < -0.3 is 9.80 Å². The Balaban J connectivity index is 1.62. The third-order valence-corrected chi connectivity index (χ3v) is 5.68. The number of rotatable bonds is 5. The van der Waals surface area contributed by atoms with E-state index in [9.17, 15) is 4.79 Å². The number of carbonyl (C=O) groups excluding carboxylic acids is 1. The van der Waals surface area contributed by atoms with E-state index in [0.717, 1.165) is 42.2 Å². The van der Waals surface area contributed by atoms with E-state index in [0.29, 0.717) is 12.0 Å². The molecule has 1 N–H and O–H groups in total. The summed E-state index contributed by atoms with van der Waals surface area (Å²) in [4.78, 5) is 30.3. The Bertz CT molecular complexity index is 923. The Morgan fingerprint density at radius 1 is 1.28 bits per heavy atom. The summed E-state index contributed by atoms with van der Waals surface area (Å²) >= 11 is 0. The summed E-state index contributed by atoms with van der Waals surface area (Å²) in [5.74, 6) is 1.33. The summed E-state index contributed by atoms with van der Waals surface area (Å²) in [5, 5.41) is 4.24. The van der Waals surface area contributed by atoms with Gasteiger partial charge in [0.25, 0.3) is 0 Å². The molecular formula is C21H27N7O. The van der Waals surface area contributed by atoms with Gasteiger partial charge in [-0.15, -0.1) is 0 Å². The molecule has 0 aromatic carbocycles. The predicted molar refractivity (Wildman–Crippen MR) is 114 cm³/mol. The highest BCUT2D eigenvalue weighted by molar-refractivity contribution is 6.04. The second-order valence-corrected chi connectivity index (χ2v) is 7.64. The van der Waals surface area contributed by atoms with Gasteiger partial charge in [-0.3, -0.25) is 9.78 Å². The number of likely N-dealkylation sites (N-methyl/N-ethyl adjacent to an activating group) is 1. The van der Waals surface area contributed by atoms with Crippen LogP contribution in [0.1, 0.15) is 50.4 Å². The van der Waals surface area contributed by atoms with Crippen LogP contribution in [0.4, 0.5) is 17.5 Å². The van der Waals surface area contributed by atoms with Gasteiger partial charge in [-0.2, -0.15) is 10.1 Å². The highest BCUT2D eigenvalue weighted by atomic mass is 16.2. The van der Waals surface area contributed by atoms with Crippen LogP contribution in [0.3, 0.4) is 0 Å². The molecule has 1 fully saturated rings. The molecule has 4 rings (SSSR count). The van der Waals surface area contributed by atoms with Crippen molar-refractivity contribution < 1.29 is 4.79 Å². The van der Waals surface area contributed by atoms with E-state index in [1.807, 2.05) is 25.1 Å². The van der Waals surface area contributed by atoms with E-state index in [1.54, 1.807) is 24.4 Å². The molecule has 1 aliphatic heterocycles. The molecule has 2 aromatic heterocycles. The summed E-state index contributed by atoms with van der Waals surface area (Å²) in [7, 11) is 1.80. The number of amides is 1. The largest absolute Gasteiger partial charge is 0.340 e. The Morgan fingerprint density at radius 2 is 2.07 bits per heavy atom. The van der Waals surface area contributed by atoms with Gasteiger partial charge in [-0.05, 0) is 38.3 Å². The van der Waals surface area contributed by atoms with Gasteiger partial charge in [0, 0.05) is 18.8 Å². The molecule has 1 amide bonds. The first-order valence-electron chi connectivity index (χ1n) is 10.2. The fourth-order valence-electron chi connectivity index (χ4n) is 4.23. The van der Waals surface area contributed by atoms with E-state index in [4.69, 9.17) is 4.98 Å². The molecule has 0 spiro atoms. The average molecular weight is 393 g/mol. The van der Waals surface area contributed by atoms with E-state index in [1.165, 1.54) is 12.8 Å². The van der Waals surface area contributed by atoms with Crippen LogP contribution in [0.5, 0.6) is 0 Å². The fraction of sp³-hybridized carbons (Fsp3) is 0.476. The van der Waals surface area contributed by atoms with E-state index in [2.05, 4.69) is 32.3 Å². The molecule has 152 valence electrons. The second kappa shape index (κ2) is 8.14. The third kappa shape index (κ3) is 3.79. The van der Waals surface area contributed by atoms with Crippen LogP contribution < -0.4 is 15.2 Å². The van der Waals surface area contributed by atoms with Crippen molar-refractivity contribution in [3.63, 3.8) is 0 Å². The van der Waals surface area contributed by atoms with Gasteiger partial charge in [0.1, 0.15) is 11.7 Å². The number of hydrogen-bond acceptors (Lipinski definition) is 7. The van der Waals surface area contributed by atoms with Crippen LogP contribution in [0.15, 0.2) is 29.5 Å². The molecule has 1 aliphatic carbocycles. The number of nitrogens with zero attached hydrogens (tertiary/aromatic N) is 6. The fourth-order valence-corrected chi connectivity index (χ4v) is 4.23. The quantitative estimate of drug-likeness (QED) is 0.620. The number of fused-ring (bicyclic) bond motifs is 1. The second-order valence-electron chi connectivity index (χ2n) is 7.64. The first-order chi connectivity index (χ1) is 14.1. The zero-order valence-electron chi connectivity index (χ0n) is 17.2. The lowest BCUT2D eigenvalue weighted by Crippen LogP contribution is -2.55. The zero-order valence-corrected chi connectivity index (χ0v) is 17.2. The number of hydrogen-bond donors (Lipinski definition) is 1. The lowest BCUT2D eigenvalue weighted by atomic mass is 10.0. The van der Waals surface area contributed by atoms with Crippen molar-refractivity contribution >= 4 is 29.6 Å². The minimum Gasteiger partial charge on any atom is -0.340 e. The highest BCUT2D eigenvalue weighted by Crippen LogP contribution is 2.39. The van der Waals surface area contributed by atoms with Crippen LogP contribution in [-0.4, -0.2) is 46.2 Å². The Kier molecular flexibility index (Phi) is 5.42. The lowest BCUT2D eigenvalue weighted by molar-refractivity contribution is -0.120. The van der Waals surface area contributed by atoms with Gasteiger partial charge in [0.15, 0.2) is 5.82 Å². The first-order valence-corrected chi connectivity index (χ1v) is 10.2. The lowest BCUT2D eigenvalue weighted by Gasteiger charge is -2.43. The molecule has 29 heavy (non-hydrogen) atoms. The number of aryl methyl sites for hydroxylation is 1. The number of carbonyl (C=O) groups is 1. The SMILES string of the molecule is CCC1C(=O)N(C)c2cnc(N/N=C/c3cccc(C)n3)nc2N1C1CCCC1. The van der Waals surface area contributed by atoms with E-state index in [-0.39, 0.29) is 11.9 Å². The Labute approximate surface area is 171 Å². The summed E-state index contributed by atoms with van der Waals surface area (Å²) in [6.07, 6.45) is 8.69. The monoisotopic (exact) mass is 393 g/mol. The molecule has 2 aliphatic rings. The standard InChI is InChI=1S/C21H27N7O/c1-4-17-20(29)27(3)18-13-22-21(25-19(18)28(17)16-10-5-6-11-16)26-23-12-15-9-7-8-14(2)24-15/h7-9,12-13,16-17H,4-6,10-11H2,1-3H3,(H,22,25,26)/b23-12+. The van der Waals surface area contributed by atoms with Crippen LogP contribution in [0.2, 0.25) is 0 Å². The summed E-state index contributed by atoms with van der Waals surface area (Å²) < 4.78 is 0. The first kappa shape index (κ1) is 19.3. The maximum absolute atomic E-state index is 12.9. The van der Waals surface area contributed by atoms with Crippen molar-refractivity contribution in [2.75, 3.05) is 22.3 Å². The maximum Gasteiger partial charge on any atom is 0.249 e. The van der Waals surface area contributed by atoms with Crippen molar-refractivity contribution in [3.8, 4) is 0 Å². The molecule has 8 nitrogen and oxygen atoms in total. The number of pyridine rings is 1. The average Bonchev–Trinajstić information content (AvgIpc) is 3.25. The van der Waals surface area contributed by atoms with Gasteiger partial charge in [0.2, 0.25) is 11.9 Å². The minimum absolute atomic E-state index is 0.111. The Morgan fingerprint density at radius 3 is 2.79 bits per heavy atom. The molecule has 2 aromatic rings. The predicted octanol–water partition coefficient (Wildman–Crippen LogP) is 3.13. The molecule has 0 bridgehead atoms. The number of anilines is 3. The third-order valence-electron chi connectivity index (χ3n) is 5.68. The van der Waals surface area contributed by atoms with Gasteiger partial charge in [-0.25, -0.2) is 10.4 Å². The molecule has 8 heteroatoms. The number of hydrazone groups is 1. The zero-order chi connectivity index (χ0) is 20.4. The van der Waals surface area contributed by atoms with Crippen LogP contribution in [0.25, 0.3) is 0 Å². The smallest absolute Gasteiger partial charge is 0.249 e. The molecule has 3 heterocycles. The molecule has 0 saturated heterocycles. The molecule has 0 radical (unpaired) electrons. The molecule has 1 unspecified atom stereocenters. The van der Waals surface area contributed by atoms with Crippen molar-refractivity contribution in [3.05, 3.63) is 35.8 Å².